The number of fused-ring (bicyclic) bond motifs is 1. The number of benzene rings is 2. The van der Waals surface area contributed by atoms with E-state index in [4.69, 9.17) is 4.74 Å². The van der Waals surface area contributed by atoms with E-state index in [1.54, 1.807) is 42.5 Å². The molecule has 2 aromatic carbocycles. The largest absolute Gasteiger partial charge is 0.497 e. The highest BCUT2D eigenvalue weighted by molar-refractivity contribution is 5.93. The zero-order valence-corrected chi connectivity index (χ0v) is 16.8. The van der Waals surface area contributed by atoms with Crippen LogP contribution in [0.25, 0.3) is 11.0 Å². The lowest BCUT2D eigenvalue weighted by Crippen LogP contribution is -2.42. The van der Waals surface area contributed by atoms with Gasteiger partial charge in [0, 0.05) is 24.8 Å². The van der Waals surface area contributed by atoms with Gasteiger partial charge in [0.25, 0.3) is 0 Å². The van der Waals surface area contributed by atoms with Crippen LogP contribution in [0.2, 0.25) is 0 Å². The first-order valence-electron chi connectivity index (χ1n) is 9.89. The first kappa shape index (κ1) is 20.9. The molecule has 0 spiro atoms. The van der Waals surface area contributed by atoms with Gasteiger partial charge in [-0.3, -0.25) is 4.79 Å². The molecular formula is C22H21F3N4O2. The fraction of sp³-hybridized carbons (Fsp3) is 0.318. The van der Waals surface area contributed by atoms with Gasteiger partial charge in [-0.15, -0.1) is 0 Å². The molecule has 1 saturated heterocycles. The molecule has 4 rings (SSSR count). The minimum Gasteiger partial charge on any atom is -0.497 e. The minimum absolute atomic E-state index is 0.131. The highest BCUT2D eigenvalue weighted by Crippen LogP contribution is 2.36. The number of alkyl halides is 3. The number of hydrogen-bond acceptors (Lipinski definition) is 5. The van der Waals surface area contributed by atoms with E-state index in [1.807, 2.05) is 0 Å². The second-order valence-corrected chi connectivity index (χ2v) is 7.39. The highest BCUT2D eigenvalue weighted by atomic mass is 19.4. The van der Waals surface area contributed by atoms with Crippen LogP contribution in [0.15, 0.2) is 48.5 Å². The lowest BCUT2D eigenvalue weighted by atomic mass is 9.96. The smallest absolute Gasteiger partial charge is 0.437 e. The average molecular weight is 430 g/mol. The standard InChI is InChI=1S/C22H21F3N4O2/c1-31-16-8-4-7-15(12-16)26-21(30)14-6-5-11-29(13-14)20-19(22(23,24)25)27-17-9-2-3-10-18(17)28-20/h2-4,7-10,12,14H,5-6,11,13H2,1H3,(H,26,30). The molecule has 1 aliphatic heterocycles. The maximum absolute atomic E-state index is 13.7. The molecule has 0 bridgehead atoms. The molecule has 1 unspecified atom stereocenters. The molecule has 1 aliphatic rings. The van der Waals surface area contributed by atoms with Crippen molar-refractivity contribution in [1.82, 2.24) is 9.97 Å². The Morgan fingerprint density at radius 3 is 2.58 bits per heavy atom. The predicted molar refractivity (Wildman–Crippen MR) is 111 cm³/mol. The van der Waals surface area contributed by atoms with Crippen LogP contribution in [0.3, 0.4) is 0 Å². The van der Waals surface area contributed by atoms with Gasteiger partial charge in [0.15, 0.2) is 11.5 Å². The molecule has 1 atom stereocenters. The summed E-state index contributed by atoms with van der Waals surface area (Å²) in [5, 5.41) is 2.83. The van der Waals surface area contributed by atoms with Gasteiger partial charge in [-0.25, -0.2) is 9.97 Å². The molecular weight excluding hydrogens is 409 g/mol. The van der Waals surface area contributed by atoms with Crippen LogP contribution < -0.4 is 15.0 Å². The van der Waals surface area contributed by atoms with Crippen molar-refractivity contribution >= 4 is 28.4 Å². The Bertz CT molecular complexity index is 1100. The van der Waals surface area contributed by atoms with Crippen molar-refractivity contribution < 1.29 is 22.7 Å². The van der Waals surface area contributed by atoms with Gasteiger partial charge in [-0.1, -0.05) is 18.2 Å². The average Bonchev–Trinajstić information content (AvgIpc) is 2.78. The van der Waals surface area contributed by atoms with Crippen molar-refractivity contribution in [3.05, 3.63) is 54.2 Å². The maximum Gasteiger partial charge on any atom is 0.437 e. The molecule has 31 heavy (non-hydrogen) atoms. The SMILES string of the molecule is COc1cccc(NC(=O)C2CCCN(c3nc4ccccc4nc3C(F)(F)F)C2)c1. The topological polar surface area (TPSA) is 67.3 Å². The number of piperidine rings is 1. The summed E-state index contributed by atoms with van der Waals surface area (Å²) in [5.74, 6) is -0.357. The zero-order chi connectivity index (χ0) is 22.0. The Balaban J connectivity index is 1.59. The van der Waals surface area contributed by atoms with Gasteiger partial charge >= 0.3 is 6.18 Å². The predicted octanol–water partition coefficient (Wildman–Crippen LogP) is 4.51. The van der Waals surface area contributed by atoms with Gasteiger partial charge in [-0.2, -0.15) is 13.2 Å². The van der Waals surface area contributed by atoms with E-state index in [1.165, 1.54) is 18.1 Å². The lowest BCUT2D eigenvalue weighted by Gasteiger charge is -2.34. The molecule has 9 heteroatoms. The van der Waals surface area contributed by atoms with Gasteiger partial charge in [0.2, 0.25) is 5.91 Å². The number of rotatable bonds is 4. The number of amides is 1. The Morgan fingerprint density at radius 1 is 1.13 bits per heavy atom. The Labute approximate surface area is 177 Å². The number of nitrogens with one attached hydrogen (secondary N) is 1. The van der Waals surface area contributed by atoms with Crippen LogP contribution in [0.5, 0.6) is 5.75 Å². The molecule has 1 fully saturated rings. The van der Waals surface area contributed by atoms with Crippen molar-refractivity contribution in [2.24, 2.45) is 5.92 Å². The number of halogens is 3. The number of para-hydroxylation sites is 2. The normalized spacial score (nSPS) is 16.9. The molecule has 0 saturated carbocycles. The van der Waals surface area contributed by atoms with Gasteiger partial charge in [-0.05, 0) is 37.1 Å². The Hall–Kier alpha value is -3.36. The summed E-state index contributed by atoms with van der Waals surface area (Å²) in [6, 6.07) is 13.4. The number of ether oxygens (including phenoxy) is 1. The Kier molecular flexibility index (Phi) is 5.67. The van der Waals surface area contributed by atoms with Gasteiger partial charge in [0.05, 0.1) is 24.1 Å². The van der Waals surface area contributed by atoms with E-state index in [0.717, 1.165) is 0 Å². The summed E-state index contributed by atoms with van der Waals surface area (Å²) in [6.07, 6.45) is -3.50. The van der Waals surface area contributed by atoms with Crippen LogP contribution in [0.1, 0.15) is 18.5 Å². The third kappa shape index (κ3) is 4.55. The first-order chi connectivity index (χ1) is 14.8. The molecule has 2 heterocycles. The fourth-order valence-electron chi connectivity index (χ4n) is 3.73. The third-order valence-electron chi connectivity index (χ3n) is 5.25. The Morgan fingerprint density at radius 2 is 1.87 bits per heavy atom. The van der Waals surface area contributed by atoms with E-state index in [2.05, 4.69) is 15.3 Å². The summed E-state index contributed by atoms with van der Waals surface area (Å²) in [6.45, 7) is 0.505. The second kappa shape index (κ2) is 8.41. The second-order valence-electron chi connectivity index (χ2n) is 7.39. The van der Waals surface area contributed by atoms with E-state index in [-0.39, 0.29) is 23.8 Å². The molecule has 1 N–H and O–H groups in total. The summed E-state index contributed by atoms with van der Waals surface area (Å²) in [4.78, 5) is 22.4. The molecule has 6 nitrogen and oxygen atoms in total. The van der Waals surface area contributed by atoms with Crippen LogP contribution in [0, 0.1) is 5.92 Å². The number of carbonyl (C=O) groups excluding carboxylic acids is 1. The van der Waals surface area contributed by atoms with E-state index in [9.17, 15) is 18.0 Å². The van der Waals surface area contributed by atoms with Crippen LogP contribution in [0.4, 0.5) is 24.7 Å². The summed E-state index contributed by atoms with van der Waals surface area (Å²) < 4.78 is 46.3. The van der Waals surface area contributed by atoms with Crippen molar-refractivity contribution in [3.8, 4) is 5.75 Å². The lowest BCUT2D eigenvalue weighted by molar-refractivity contribution is -0.140. The number of aromatic nitrogens is 2. The van der Waals surface area contributed by atoms with Crippen molar-refractivity contribution in [2.75, 3.05) is 30.4 Å². The minimum atomic E-state index is -4.65. The quantitative estimate of drug-likeness (QED) is 0.660. The molecule has 1 aromatic heterocycles. The van der Waals surface area contributed by atoms with E-state index < -0.39 is 17.8 Å². The monoisotopic (exact) mass is 430 g/mol. The third-order valence-corrected chi connectivity index (χ3v) is 5.25. The van der Waals surface area contributed by atoms with Crippen LogP contribution in [-0.4, -0.2) is 36.1 Å². The van der Waals surface area contributed by atoms with E-state index >= 15 is 0 Å². The molecule has 3 aromatic rings. The van der Waals surface area contributed by atoms with Crippen LogP contribution >= 0.6 is 0 Å². The molecule has 0 aliphatic carbocycles. The highest BCUT2D eigenvalue weighted by Gasteiger charge is 2.40. The number of methoxy groups -OCH3 is 1. The van der Waals surface area contributed by atoms with Crippen molar-refractivity contribution in [3.63, 3.8) is 0 Å². The number of carbonyl (C=O) groups is 1. The molecule has 162 valence electrons. The van der Waals surface area contributed by atoms with Crippen molar-refractivity contribution in [2.45, 2.75) is 19.0 Å². The summed E-state index contributed by atoms with van der Waals surface area (Å²) in [5.41, 5.74) is 0.111. The zero-order valence-electron chi connectivity index (χ0n) is 16.8. The first-order valence-corrected chi connectivity index (χ1v) is 9.89. The van der Waals surface area contributed by atoms with Crippen LogP contribution in [-0.2, 0) is 11.0 Å². The van der Waals surface area contributed by atoms with Crippen molar-refractivity contribution in [1.29, 1.82) is 0 Å². The number of hydrogen-bond donors (Lipinski definition) is 1. The molecule has 0 radical (unpaired) electrons. The summed E-state index contributed by atoms with van der Waals surface area (Å²) in [7, 11) is 1.53. The maximum atomic E-state index is 13.7. The van der Waals surface area contributed by atoms with Gasteiger partial charge < -0.3 is 15.0 Å². The van der Waals surface area contributed by atoms with E-state index in [0.29, 0.717) is 36.3 Å². The number of nitrogens with zero attached hydrogens (tertiary/aromatic N) is 3. The van der Waals surface area contributed by atoms with Gasteiger partial charge in [0.1, 0.15) is 5.75 Å². The number of anilines is 2. The fourth-order valence-corrected chi connectivity index (χ4v) is 3.73. The molecule has 1 amide bonds. The summed E-state index contributed by atoms with van der Waals surface area (Å²) >= 11 is 0.